The van der Waals surface area contributed by atoms with Crippen LogP contribution >= 0.6 is 0 Å². The highest BCUT2D eigenvalue weighted by Gasteiger charge is 2.16. The molecule has 0 aromatic heterocycles. The lowest BCUT2D eigenvalue weighted by Gasteiger charge is -2.22. The van der Waals surface area contributed by atoms with Gasteiger partial charge in [0.25, 0.3) is 0 Å². The quantitative estimate of drug-likeness (QED) is 0.740. The van der Waals surface area contributed by atoms with Crippen molar-refractivity contribution in [1.82, 2.24) is 0 Å². The van der Waals surface area contributed by atoms with Gasteiger partial charge in [0.2, 0.25) is 0 Å². The summed E-state index contributed by atoms with van der Waals surface area (Å²) in [6.07, 6.45) is 0.999. The summed E-state index contributed by atoms with van der Waals surface area (Å²) in [4.78, 5) is 0. The number of anilines is 2. The maximum absolute atomic E-state index is 5.86. The van der Waals surface area contributed by atoms with Crippen LogP contribution in [0.2, 0.25) is 0 Å². The Morgan fingerprint density at radius 2 is 1.89 bits per heavy atom. The number of fused-ring (bicyclic) bond motifs is 2. The summed E-state index contributed by atoms with van der Waals surface area (Å²) in [5.74, 6) is 2.50. The van der Waals surface area contributed by atoms with Crippen molar-refractivity contribution in [2.24, 2.45) is 0 Å². The third-order valence-corrected chi connectivity index (χ3v) is 2.80. The molecule has 0 amide bonds. The van der Waals surface area contributed by atoms with Crippen molar-refractivity contribution in [3.63, 3.8) is 0 Å². The van der Waals surface area contributed by atoms with Gasteiger partial charge in [-0.25, -0.2) is 0 Å². The lowest BCUT2D eigenvalue weighted by atomic mass is 10.2. The monoisotopic (exact) mass is 241 g/mol. The lowest BCUT2D eigenvalue weighted by Crippen LogP contribution is -2.03. The lowest BCUT2D eigenvalue weighted by molar-refractivity contribution is 0.316. The van der Waals surface area contributed by atoms with Gasteiger partial charge in [0, 0.05) is 6.07 Å². The Kier molecular flexibility index (Phi) is 2.81. The molecular formula is C15H15NO2. The van der Waals surface area contributed by atoms with Gasteiger partial charge in [-0.15, -0.1) is 0 Å². The van der Waals surface area contributed by atoms with Gasteiger partial charge in [-0.3, -0.25) is 0 Å². The van der Waals surface area contributed by atoms with Crippen molar-refractivity contribution in [2.75, 3.05) is 11.9 Å². The summed E-state index contributed by atoms with van der Waals surface area (Å²) in [6.45, 7) is 2.81. The van der Waals surface area contributed by atoms with E-state index in [0.717, 1.165) is 41.7 Å². The summed E-state index contributed by atoms with van der Waals surface area (Å²) < 4.78 is 11.5. The van der Waals surface area contributed by atoms with Gasteiger partial charge in [-0.2, -0.15) is 0 Å². The highest BCUT2D eigenvalue weighted by molar-refractivity contribution is 5.75. The molecule has 0 fully saturated rings. The van der Waals surface area contributed by atoms with Crippen LogP contribution in [-0.4, -0.2) is 6.61 Å². The summed E-state index contributed by atoms with van der Waals surface area (Å²) in [6, 6.07) is 13.8. The van der Waals surface area contributed by atoms with E-state index in [0.29, 0.717) is 0 Å². The summed E-state index contributed by atoms with van der Waals surface area (Å²) in [5, 5.41) is 3.34. The van der Waals surface area contributed by atoms with Crippen molar-refractivity contribution in [3.05, 3.63) is 42.5 Å². The van der Waals surface area contributed by atoms with E-state index < -0.39 is 0 Å². The minimum atomic E-state index is 0.725. The van der Waals surface area contributed by atoms with Gasteiger partial charge in [-0.05, 0) is 30.7 Å². The fraction of sp³-hybridized carbons (Fsp3) is 0.200. The van der Waals surface area contributed by atoms with Crippen LogP contribution in [0.3, 0.4) is 0 Å². The Balaban J connectivity index is 1.89. The fourth-order valence-corrected chi connectivity index (χ4v) is 1.92. The van der Waals surface area contributed by atoms with Crippen molar-refractivity contribution in [3.8, 4) is 17.2 Å². The summed E-state index contributed by atoms with van der Waals surface area (Å²) in [5.41, 5.74) is 1.96. The zero-order chi connectivity index (χ0) is 12.4. The normalized spacial score (nSPS) is 11.8. The van der Waals surface area contributed by atoms with Crippen molar-refractivity contribution in [1.29, 1.82) is 0 Å². The van der Waals surface area contributed by atoms with Crippen LogP contribution in [0, 0.1) is 0 Å². The zero-order valence-electron chi connectivity index (χ0n) is 10.3. The molecule has 2 aromatic carbocycles. The molecule has 0 saturated carbocycles. The second-order valence-corrected chi connectivity index (χ2v) is 4.23. The summed E-state index contributed by atoms with van der Waals surface area (Å²) >= 11 is 0. The molecule has 3 nitrogen and oxygen atoms in total. The van der Waals surface area contributed by atoms with Gasteiger partial charge in [0.1, 0.15) is 5.75 Å². The molecule has 1 N–H and O–H groups in total. The second kappa shape index (κ2) is 4.61. The van der Waals surface area contributed by atoms with E-state index in [2.05, 4.69) is 12.2 Å². The number of hydrogen-bond acceptors (Lipinski definition) is 3. The highest BCUT2D eigenvalue weighted by Crippen LogP contribution is 2.42. The number of hydrogen-bond donors (Lipinski definition) is 1. The van der Waals surface area contributed by atoms with E-state index in [1.165, 1.54) is 0 Å². The van der Waals surface area contributed by atoms with E-state index in [-0.39, 0.29) is 0 Å². The minimum absolute atomic E-state index is 0.725. The third kappa shape index (κ3) is 1.99. The molecule has 1 aliphatic rings. The molecule has 18 heavy (non-hydrogen) atoms. The summed E-state index contributed by atoms with van der Waals surface area (Å²) in [7, 11) is 0. The molecule has 0 radical (unpaired) electrons. The van der Waals surface area contributed by atoms with Crippen LogP contribution < -0.4 is 14.8 Å². The molecular weight excluding hydrogens is 226 g/mol. The van der Waals surface area contributed by atoms with Crippen LogP contribution in [0.1, 0.15) is 13.3 Å². The van der Waals surface area contributed by atoms with Gasteiger partial charge >= 0.3 is 0 Å². The fourth-order valence-electron chi connectivity index (χ4n) is 1.92. The molecule has 0 spiro atoms. The molecule has 0 aliphatic carbocycles. The van der Waals surface area contributed by atoms with Gasteiger partial charge in [0.05, 0.1) is 18.0 Å². The number of ether oxygens (including phenoxy) is 2. The average Bonchev–Trinajstić information content (AvgIpc) is 2.42. The van der Waals surface area contributed by atoms with E-state index in [9.17, 15) is 0 Å². The average molecular weight is 241 g/mol. The van der Waals surface area contributed by atoms with Gasteiger partial charge in [-0.1, -0.05) is 19.1 Å². The Bertz CT molecular complexity index is 566. The van der Waals surface area contributed by atoms with E-state index in [1.54, 1.807) is 0 Å². The van der Waals surface area contributed by atoms with E-state index in [4.69, 9.17) is 9.47 Å². The van der Waals surface area contributed by atoms with Crippen LogP contribution in [0.15, 0.2) is 42.5 Å². The van der Waals surface area contributed by atoms with Crippen LogP contribution in [0.4, 0.5) is 11.4 Å². The molecule has 92 valence electrons. The molecule has 2 aromatic rings. The number of nitrogens with one attached hydrogen (secondary N) is 1. The standard InChI is InChI=1S/C15H15NO2/c1-2-9-17-11-7-8-13-15(10-11)18-14-6-4-3-5-12(14)16-13/h3-8,10,16H,2,9H2,1H3. The second-order valence-electron chi connectivity index (χ2n) is 4.23. The maximum atomic E-state index is 5.86. The Labute approximate surface area is 106 Å². The predicted molar refractivity (Wildman–Crippen MR) is 72.0 cm³/mol. The van der Waals surface area contributed by atoms with Crippen LogP contribution in [-0.2, 0) is 0 Å². The minimum Gasteiger partial charge on any atom is -0.493 e. The first kappa shape index (κ1) is 11.0. The maximum Gasteiger partial charge on any atom is 0.154 e. The van der Waals surface area contributed by atoms with Crippen LogP contribution in [0.25, 0.3) is 0 Å². The van der Waals surface area contributed by atoms with E-state index in [1.807, 2.05) is 42.5 Å². The predicted octanol–water partition coefficient (Wildman–Crippen LogP) is 4.32. The van der Waals surface area contributed by atoms with Gasteiger partial charge in [0.15, 0.2) is 11.5 Å². The molecule has 3 rings (SSSR count). The Hall–Kier alpha value is -2.16. The first-order valence-electron chi connectivity index (χ1n) is 6.17. The molecule has 1 heterocycles. The van der Waals surface area contributed by atoms with Crippen molar-refractivity contribution < 1.29 is 9.47 Å². The Morgan fingerprint density at radius 1 is 1.06 bits per heavy atom. The molecule has 0 bridgehead atoms. The number of rotatable bonds is 3. The SMILES string of the molecule is CCCOc1ccc2c(c1)Oc1ccccc1N2. The highest BCUT2D eigenvalue weighted by atomic mass is 16.5. The molecule has 3 heteroatoms. The van der Waals surface area contributed by atoms with Crippen LogP contribution in [0.5, 0.6) is 17.2 Å². The molecule has 0 saturated heterocycles. The number of para-hydroxylation sites is 2. The first-order chi connectivity index (χ1) is 8.86. The third-order valence-electron chi connectivity index (χ3n) is 2.80. The number of benzene rings is 2. The Morgan fingerprint density at radius 3 is 2.78 bits per heavy atom. The molecule has 1 aliphatic heterocycles. The molecule has 0 atom stereocenters. The zero-order valence-corrected chi connectivity index (χ0v) is 10.3. The van der Waals surface area contributed by atoms with Crippen molar-refractivity contribution >= 4 is 11.4 Å². The van der Waals surface area contributed by atoms with Crippen molar-refractivity contribution in [2.45, 2.75) is 13.3 Å². The van der Waals surface area contributed by atoms with Gasteiger partial charge < -0.3 is 14.8 Å². The largest absolute Gasteiger partial charge is 0.493 e. The first-order valence-corrected chi connectivity index (χ1v) is 6.17. The molecule has 0 unspecified atom stereocenters. The smallest absolute Gasteiger partial charge is 0.154 e. The topological polar surface area (TPSA) is 30.5 Å². The van der Waals surface area contributed by atoms with E-state index >= 15 is 0 Å².